The van der Waals surface area contributed by atoms with Crippen molar-refractivity contribution in [1.29, 1.82) is 5.26 Å². The zero-order valence-corrected chi connectivity index (χ0v) is 14.7. The van der Waals surface area contributed by atoms with Gasteiger partial charge in [0.2, 0.25) is 0 Å². The molecule has 130 valence electrons. The second-order valence-corrected chi connectivity index (χ2v) is 5.59. The zero-order chi connectivity index (χ0) is 17.9. The zero-order valence-electron chi connectivity index (χ0n) is 14.7. The highest BCUT2D eigenvalue weighted by atomic mass is 16.5. The van der Waals surface area contributed by atoms with Crippen LogP contribution in [0.4, 0.5) is 0 Å². The van der Waals surface area contributed by atoms with Gasteiger partial charge in [-0.05, 0) is 43.7 Å². The number of aliphatic imine (C=N–C) groups is 1. The lowest BCUT2D eigenvalue weighted by Gasteiger charge is -2.12. The summed E-state index contributed by atoms with van der Waals surface area (Å²) in [7, 11) is 0. The number of guanidine groups is 1. The van der Waals surface area contributed by atoms with E-state index in [0.717, 1.165) is 23.8 Å². The van der Waals surface area contributed by atoms with E-state index in [4.69, 9.17) is 10.00 Å². The lowest BCUT2D eigenvalue weighted by molar-refractivity contribution is 0.322. The van der Waals surface area contributed by atoms with E-state index in [0.29, 0.717) is 25.3 Å². The Morgan fingerprint density at radius 1 is 1.08 bits per heavy atom. The van der Waals surface area contributed by atoms with Gasteiger partial charge in [0.25, 0.3) is 0 Å². The Kier molecular flexibility index (Phi) is 7.33. The van der Waals surface area contributed by atoms with E-state index in [9.17, 15) is 0 Å². The monoisotopic (exact) mass is 336 g/mol. The van der Waals surface area contributed by atoms with Crippen molar-refractivity contribution < 1.29 is 4.74 Å². The molecule has 0 aliphatic heterocycles. The molecule has 0 aliphatic carbocycles. The maximum atomic E-state index is 8.82. The summed E-state index contributed by atoms with van der Waals surface area (Å²) in [6.07, 6.45) is 0. The minimum absolute atomic E-state index is 0.555. The van der Waals surface area contributed by atoms with Crippen molar-refractivity contribution >= 4 is 5.96 Å². The molecule has 2 N–H and O–H groups in total. The summed E-state index contributed by atoms with van der Waals surface area (Å²) in [6.45, 7) is 6.65. The second-order valence-electron chi connectivity index (χ2n) is 5.59. The van der Waals surface area contributed by atoms with E-state index >= 15 is 0 Å². The molecule has 2 aromatic rings. The molecule has 0 saturated heterocycles. The van der Waals surface area contributed by atoms with Crippen LogP contribution in [0.3, 0.4) is 0 Å². The lowest BCUT2D eigenvalue weighted by Crippen LogP contribution is -2.39. The Morgan fingerprint density at radius 3 is 2.44 bits per heavy atom. The first kappa shape index (κ1) is 18.3. The average Bonchev–Trinajstić information content (AvgIpc) is 2.65. The normalized spacial score (nSPS) is 10.8. The van der Waals surface area contributed by atoms with E-state index < -0.39 is 0 Å². The van der Waals surface area contributed by atoms with E-state index in [1.165, 1.54) is 5.56 Å². The Hall–Kier alpha value is -3.00. The fourth-order valence-electron chi connectivity index (χ4n) is 2.17. The van der Waals surface area contributed by atoms with Crippen molar-refractivity contribution in [2.24, 2.45) is 4.99 Å². The largest absolute Gasteiger partial charge is 0.492 e. The van der Waals surface area contributed by atoms with Gasteiger partial charge in [-0.25, -0.2) is 4.99 Å². The molecule has 0 heterocycles. The van der Waals surface area contributed by atoms with Gasteiger partial charge in [-0.3, -0.25) is 0 Å². The van der Waals surface area contributed by atoms with Crippen molar-refractivity contribution in [3.8, 4) is 11.8 Å². The molecule has 0 unspecified atom stereocenters. The lowest BCUT2D eigenvalue weighted by atomic mass is 10.1. The molecule has 2 rings (SSSR count). The molecule has 25 heavy (non-hydrogen) atoms. The number of nitrogens with zero attached hydrogens (tertiary/aromatic N) is 2. The van der Waals surface area contributed by atoms with Gasteiger partial charge in [0.05, 0.1) is 24.7 Å². The number of hydrogen-bond acceptors (Lipinski definition) is 3. The second kappa shape index (κ2) is 9.99. The van der Waals surface area contributed by atoms with Crippen LogP contribution in [0.2, 0.25) is 0 Å². The highest BCUT2D eigenvalue weighted by Crippen LogP contribution is 2.10. The van der Waals surface area contributed by atoms with Crippen molar-refractivity contribution in [3.05, 3.63) is 65.2 Å². The van der Waals surface area contributed by atoms with Crippen LogP contribution in [0, 0.1) is 18.3 Å². The fraction of sp³-hybridized carbons (Fsp3) is 0.300. The summed E-state index contributed by atoms with van der Waals surface area (Å²) in [5.41, 5.74) is 2.94. The van der Waals surface area contributed by atoms with E-state index in [-0.39, 0.29) is 0 Å². The Bertz CT molecular complexity index is 715. The molecule has 0 amide bonds. The SMILES string of the molecule is CCNC(=NCc1ccc(C#N)cc1)NCCOc1ccc(C)cc1. The van der Waals surface area contributed by atoms with Gasteiger partial charge in [0, 0.05) is 6.54 Å². The maximum Gasteiger partial charge on any atom is 0.191 e. The van der Waals surface area contributed by atoms with Crippen LogP contribution in [-0.2, 0) is 6.54 Å². The van der Waals surface area contributed by atoms with Crippen molar-refractivity contribution in [2.45, 2.75) is 20.4 Å². The smallest absolute Gasteiger partial charge is 0.191 e. The fourth-order valence-corrected chi connectivity index (χ4v) is 2.17. The molecule has 5 nitrogen and oxygen atoms in total. The van der Waals surface area contributed by atoms with Crippen LogP contribution >= 0.6 is 0 Å². The van der Waals surface area contributed by atoms with Gasteiger partial charge in [-0.1, -0.05) is 29.8 Å². The average molecular weight is 336 g/mol. The molecule has 0 aliphatic rings. The predicted molar refractivity (Wildman–Crippen MR) is 101 cm³/mol. The molecule has 0 radical (unpaired) electrons. The molecular formula is C20H24N4O. The number of ether oxygens (including phenoxy) is 1. The quantitative estimate of drug-likeness (QED) is 0.463. The van der Waals surface area contributed by atoms with Crippen LogP contribution in [0.15, 0.2) is 53.5 Å². The Morgan fingerprint density at radius 2 is 1.80 bits per heavy atom. The first-order valence-electron chi connectivity index (χ1n) is 8.42. The standard InChI is InChI=1S/C20H24N4O/c1-3-22-20(24-15-18-8-6-17(14-21)7-9-18)23-12-13-25-19-10-4-16(2)5-11-19/h4-11H,3,12-13,15H2,1-2H3,(H2,22,23,24). The summed E-state index contributed by atoms with van der Waals surface area (Å²) in [4.78, 5) is 4.55. The molecular weight excluding hydrogens is 312 g/mol. The number of rotatable bonds is 7. The summed E-state index contributed by atoms with van der Waals surface area (Å²) in [5.74, 6) is 1.62. The third-order valence-corrected chi connectivity index (χ3v) is 3.53. The molecule has 2 aromatic carbocycles. The van der Waals surface area contributed by atoms with Gasteiger partial charge in [0.15, 0.2) is 5.96 Å². The molecule has 0 fully saturated rings. The van der Waals surface area contributed by atoms with Crippen LogP contribution in [0.5, 0.6) is 5.75 Å². The summed E-state index contributed by atoms with van der Waals surface area (Å²) in [6, 6.07) is 17.6. The van der Waals surface area contributed by atoms with Gasteiger partial charge in [-0.15, -0.1) is 0 Å². The third kappa shape index (κ3) is 6.56. The first-order chi connectivity index (χ1) is 12.2. The molecule has 0 spiro atoms. The number of hydrogen-bond donors (Lipinski definition) is 2. The highest BCUT2D eigenvalue weighted by Gasteiger charge is 1.99. The molecule has 5 heteroatoms. The van der Waals surface area contributed by atoms with Crippen LogP contribution in [-0.4, -0.2) is 25.7 Å². The maximum absolute atomic E-state index is 8.82. The molecule has 0 saturated carbocycles. The minimum atomic E-state index is 0.555. The molecule has 0 aromatic heterocycles. The van der Waals surface area contributed by atoms with Crippen LogP contribution in [0.1, 0.15) is 23.6 Å². The summed E-state index contributed by atoms with van der Waals surface area (Å²) in [5, 5.41) is 15.3. The number of aryl methyl sites for hydroxylation is 1. The van der Waals surface area contributed by atoms with Crippen molar-refractivity contribution in [2.75, 3.05) is 19.7 Å². The Balaban J connectivity index is 1.80. The van der Waals surface area contributed by atoms with E-state index in [2.05, 4.69) is 28.6 Å². The number of benzene rings is 2. The van der Waals surface area contributed by atoms with Gasteiger partial charge in [-0.2, -0.15) is 5.26 Å². The molecule has 0 bridgehead atoms. The van der Waals surface area contributed by atoms with Crippen molar-refractivity contribution in [1.82, 2.24) is 10.6 Å². The number of nitrogens with one attached hydrogen (secondary N) is 2. The van der Waals surface area contributed by atoms with Gasteiger partial charge >= 0.3 is 0 Å². The van der Waals surface area contributed by atoms with Crippen molar-refractivity contribution in [3.63, 3.8) is 0 Å². The highest BCUT2D eigenvalue weighted by molar-refractivity contribution is 5.79. The number of nitriles is 1. The Labute approximate surface area is 149 Å². The van der Waals surface area contributed by atoms with E-state index in [1.54, 1.807) is 12.1 Å². The topological polar surface area (TPSA) is 69.4 Å². The summed E-state index contributed by atoms with van der Waals surface area (Å²) < 4.78 is 5.70. The summed E-state index contributed by atoms with van der Waals surface area (Å²) >= 11 is 0. The van der Waals surface area contributed by atoms with Gasteiger partial charge in [0.1, 0.15) is 12.4 Å². The first-order valence-corrected chi connectivity index (χ1v) is 8.42. The van der Waals surface area contributed by atoms with E-state index in [1.807, 2.05) is 43.3 Å². The van der Waals surface area contributed by atoms with Gasteiger partial charge < -0.3 is 15.4 Å². The third-order valence-electron chi connectivity index (χ3n) is 3.53. The van der Waals surface area contributed by atoms with Crippen LogP contribution in [0.25, 0.3) is 0 Å². The minimum Gasteiger partial charge on any atom is -0.492 e. The predicted octanol–water partition coefficient (Wildman–Crippen LogP) is 3.00. The van der Waals surface area contributed by atoms with Crippen LogP contribution < -0.4 is 15.4 Å². The molecule has 0 atom stereocenters.